The largest absolute Gasteiger partial charge is 0.492 e. The van der Waals surface area contributed by atoms with Gasteiger partial charge in [-0.1, -0.05) is 12.1 Å². The van der Waals surface area contributed by atoms with Gasteiger partial charge in [-0.05, 0) is 29.8 Å². The third kappa shape index (κ3) is 4.80. The van der Waals surface area contributed by atoms with Gasteiger partial charge in [0, 0.05) is 6.07 Å². The third-order valence-electron chi connectivity index (χ3n) is 2.84. The number of amides is 1. The van der Waals surface area contributed by atoms with E-state index in [1.165, 1.54) is 24.3 Å². The fraction of sp³-hybridized carbons (Fsp3) is 0.188. The van der Waals surface area contributed by atoms with Crippen LogP contribution >= 0.6 is 0 Å². The summed E-state index contributed by atoms with van der Waals surface area (Å²) in [6.07, 6.45) is 0.0585. The quantitative estimate of drug-likeness (QED) is 0.833. The molecule has 0 spiro atoms. The first-order valence-corrected chi connectivity index (χ1v) is 6.63. The molecular formula is C16H14F3NO2. The van der Waals surface area contributed by atoms with Crippen molar-refractivity contribution in [1.82, 2.24) is 5.32 Å². The molecule has 0 fully saturated rings. The first-order valence-electron chi connectivity index (χ1n) is 6.63. The van der Waals surface area contributed by atoms with Crippen LogP contribution in [0.2, 0.25) is 0 Å². The zero-order valence-electron chi connectivity index (χ0n) is 11.6. The topological polar surface area (TPSA) is 38.3 Å². The second-order valence-corrected chi connectivity index (χ2v) is 4.58. The van der Waals surface area contributed by atoms with Gasteiger partial charge in [0.15, 0.2) is 11.6 Å². The van der Waals surface area contributed by atoms with E-state index < -0.39 is 17.5 Å². The second-order valence-electron chi connectivity index (χ2n) is 4.58. The molecule has 22 heavy (non-hydrogen) atoms. The number of carbonyl (C=O) groups is 1. The van der Waals surface area contributed by atoms with E-state index >= 15 is 0 Å². The van der Waals surface area contributed by atoms with E-state index in [2.05, 4.69) is 5.32 Å². The Morgan fingerprint density at radius 2 is 1.86 bits per heavy atom. The van der Waals surface area contributed by atoms with Crippen molar-refractivity contribution in [1.29, 1.82) is 0 Å². The van der Waals surface area contributed by atoms with Crippen molar-refractivity contribution in [2.24, 2.45) is 0 Å². The van der Waals surface area contributed by atoms with Crippen LogP contribution in [0.25, 0.3) is 0 Å². The SMILES string of the molecule is O=C(Cc1cccc(F)c1)NCCOc1ccc(F)c(F)c1. The smallest absolute Gasteiger partial charge is 0.224 e. The van der Waals surface area contributed by atoms with Crippen LogP contribution in [0, 0.1) is 17.5 Å². The summed E-state index contributed by atoms with van der Waals surface area (Å²) in [6.45, 7) is 0.313. The molecule has 0 aromatic heterocycles. The van der Waals surface area contributed by atoms with Crippen molar-refractivity contribution < 1.29 is 22.7 Å². The molecule has 2 aromatic rings. The highest BCUT2D eigenvalue weighted by Gasteiger charge is 2.05. The summed E-state index contributed by atoms with van der Waals surface area (Å²) in [5.74, 6) is -2.44. The highest BCUT2D eigenvalue weighted by Crippen LogP contribution is 2.14. The molecule has 0 saturated carbocycles. The van der Waals surface area contributed by atoms with E-state index in [4.69, 9.17) is 4.74 Å². The molecule has 2 rings (SSSR count). The van der Waals surface area contributed by atoms with Crippen molar-refractivity contribution in [3.05, 3.63) is 65.5 Å². The van der Waals surface area contributed by atoms with Gasteiger partial charge in [-0.15, -0.1) is 0 Å². The van der Waals surface area contributed by atoms with Crippen LogP contribution in [0.5, 0.6) is 5.75 Å². The molecule has 1 amide bonds. The summed E-state index contributed by atoms with van der Waals surface area (Å²) < 4.78 is 43.8. The molecule has 0 radical (unpaired) electrons. The van der Waals surface area contributed by atoms with E-state index in [0.717, 1.165) is 12.1 Å². The molecule has 0 aliphatic rings. The number of halogens is 3. The van der Waals surface area contributed by atoms with Gasteiger partial charge < -0.3 is 10.1 Å². The highest BCUT2D eigenvalue weighted by atomic mass is 19.2. The minimum atomic E-state index is -0.993. The van der Waals surface area contributed by atoms with Crippen LogP contribution in [-0.4, -0.2) is 19.1 Å². The minimum Gasteiger partial charge on any atom is -0.492 e. The minimum absolute atomic E-state index is 0.0585. The van der Waals surface area contributed by atoms with E-state index in [0.29, 0.717) is 5.56 Å². The maximum absolute atomic E-state index is 13.0. The Hall–Kier alpha value is -2.50. The molecule has 3 nitrogen and oxygen atoms in total. The number of nitrogens with one attached hydrogen (secondary N) is 1. The molecule has 0 aliphatic carbocycles. The lowest BCUT2D eigenvalue weighted by atomic mass is 10.1. The fourth-order valence-corrected chi connectivity index (χ4v) is 1.82. The maximum atomic E-state index is 13.0. The summed E-state index contributed by atoms with van der Waals surface area (Å²) in [5.41, 5.74) is 0.569. The first-order chi connectivity index (χ1) is 10.5. The summed E-state index contributed by atoms with van der Waals surface area (Å²) >= 11 is 0. The molecule has 0 aliphatic heterocycles. The Kier molecular flexibility index (Phi) is 5.41. The number of benzene rings is 2. The van der Waals surface area contributed by atoms with Gasteiger partial charge in [0.1, 0.15) is 18.2 Å². The zero-order chi connectivity index (χ0) is 15.9. The number of ether oxygens (including phenoxy) is 1. The normalized spacial score (nSPS) is 10.3. The first kappa shape index (κ1) is 15.9. The Morgan fingerprint density at radius 1 is 1.05 bits per heavy atom. The van der Waals surface area contributed by atoms with Gasteiger partial charge in [0.05, 0.1) is 13.0 Å². The summed E-state index contributed by atoms with van der Waals surface area (Å²) in [5, 5.41) is 2.59. The Labute approximate surface area is 125 Å². The van der Waals surface area contributed by atoms with Crippen molar-refractivity contribution in [2.45, 2.75) is 6.42 Å². The number of hydrogen-bond acceptors (Lipinski definition) is 2. The monoisotopic (exact) mass is 309 g/mol. The summed E-state index contributed by atoms with van der Waals surface area (Å²) in [4.78, 5) is 11.6. The van der Waals surface area contributed by atoms with Gasteiger partial charge in [0.2, 0.25) is 5.91 Å². The van der Waals surface area contributed by atoms with Gasteiger partial charge >= 0.3 is 0 Å². The van der Waals surface area contributed by atoms with E-state index in [9.17, 15) is 18.0 Å². The Balaban J connectivity index is 1.72. The lowest BCUT2D eigenvalue weighted by molar-refractivity contribution is -0.120. The standard InChI is InChI=1S/C16H14F3NO2/c17-12-3-1-2-11(8-12)9-16(21)20-6-7-22-13-4-5-14(18)15(19)10-13/h1-5,8,10H,6-7,9H2,(H,20,21). The van der Waals surface area contributed by atoms with Crippen LogP contribution in [0.15, 0.2) is 42.5 Å². The van der Waals surface area contributed by atoms with Crippen LogP contribution in [0.1, 0.15) is 5.56 Å². The zero-order valence-corrected chi connectivity index (χ0v) is 11.6. The van der Waals surface area contributed by atoms with Gasteiger partial charge in [-0.3, -0.25) is 4.79 Å². The van der Waals surface area contributed by atoms with E-state index in [1.807, 2.05) is 0 Å². The van der Waals surface area contributed by atoms with Gasteiger partial charge in [-0.2, -0.15) is 0 Å². The Morgan fingerprint density at radius 3 is 2.59 bits per heavy atom. The van der Waals surface area contributed by atoms with Gasteiger partial charge in [0.25, 0.3) is 0 Å². The summed E-state index contributed by atoms with van der Waals surface area (Å²) in [6, 6.07) is 8.98. The number of carbonyl (C=O) groups excluding carboxylic acids is 1. The number of hydrogen-bond donors (Lipinski definition) is 1. The van der Waals surface area contributed by atoms with Crippen molar-refractivity contribution >= 4 is 5.91 Å². The average molecular weight is 309 g/mol. The van der Waals surface area contributed by atoms with E-state index in [-0.39, 0.29) is 31.2 Å². The van der Waals surface area contributed by atoms with Crippen molar-refractivity contribution in [2.75, 3.05) is 13.2 Å². The highest BCUT2D eigenvalue weighted by molar-refractivity contribution is 5.78. The molecule has 1 N–H and O–H groups in total. The predicted molar refractivity (Wildman–Crippen MR) is 75.0 cm³/mol. The molecule has 0 unspecified atom stereocenters. The average Bonchev–Trinajstić information content (AvgIpc) is 2.47. The lowest BCUT2D eigenvalue weighted by Crippen LogP contribution is -2.29. The molecule has 0 bridgehead atoms. The molecule has 2 aromatic carbocycles. The summed E-state index contributed by atoms with van der Waals surface area (Å²) in [7, 11) is 0. The van der Waals surface area contributed by atoms with Crippen LogP contribution in [0.3, 0.4) is 0 Å². The molecule has 0 saturated heterocycles. The molecule has 0 atom stereocenters. The third-order valence-corrected chi connectivity index (χ3v) is 2.84. The van der Waals surface area contributed by atoms with Crippen molar-refractivity contribution in [3.63, 3.8) is 0 Å². The maximum Gasteiger partial charge on any atom is 0.224 e. The van der Waals surface area contributed by atoms with E-state index in [1.54, 1.807) is 6.07 Å². The molecule has 116 valence electrons. The molecule has 6 heteroatoms. The van der Waals surface area contributed by atoms with Crippen molar-refractivity contribution in [3.8, 4) is 5.75 Å². The number of rotatable bonds is 6. The fourth-order valence-electron chi connectivity index (χ4n) is 1.82. The molecule has 0 heterocycles. The Bertz CT molecular complexity index is 662. The van der Waals surface area contributed by atoms with Gasteiger partial charge in [-0.25, -0.2) is 13.2 Å². The lowest BCUT2D eigenvalue weighted by Gasteiger charge is -2.08. The van der Waals surface area contributed by atoms with Crippen LogP contribution < -0.4 is 10.1 Å². The second kappa shape index (κ2) is 7.49. The van der Waals surface area contributed by atoms with Crippen LogP contribution in [0.4, 0.5) is 13.2 Å². The molecular weight excluding hydrogens is 295 g/mol. The van der Waals surface area contributed by atoms with Crippen LogP contribution in [-0.2, 0) is 11.2 Å². The predicted octanol–water partition coefficient (Wildman–Crippen LogP) is 2.84.